The van der Waals surface area contributed by atoms with Crippen molar-refractivity contribution in [1.82, 2.24) is 23.7 Å². The lowest BCUT2D eigenvalue weighted by molar-refractivity contribution is 0.332. The summed E-state index contributed by atoms with van der Waals surface area (Å²) in [5.74, 6) is 0. The normalized spacial score (nSPS) is 12.0. The van der Waals surface area contributed by atoms with Gasteiger partial charge >= 0.3 is 5.69 Å². The van der Waals surface area contributed by atoms with E-state index in [1.54, 1.807) is 22.8 Å². The first kappa shape index (κ1) is 25.6. The first-order valence-electron chi connectivity index (χ1n) is 11.9. The van der Waals surface area contributed by atoms with E-state index < -0.39 is 15.6 Å². The number of nitrogens with zero attached hydrogens (tertiary/aromatic N) is 3. The predicted molar refractivity (Wildman–Crippen MR) is 141 cm³/mol. The number of fused-ring (bicyclic) bond motifs is 1. The zero-order valence-corrected chi connectivity index (χ0v) is 21.5. The second-order valence-corrected chi connectivity index (χ2v) is 10.7. The largest absolute Gasteiger partial charge is 0.349 e. The zero-order valence-electron chi connectivity index (χ0n) is 20.7. The summed E-state index contributed by atoms with van der Waals surface area (Å²) in [4.78, 5) is 30.5. The van der Waals surface area contributed by atoms with Gasteiger partial charge in [0, 0.05) is 38.9 Å². The molecule has 10 heteroatoms. The van der Waals surface area contributed by atoms with Crippen LogP contribution in [0.25, 0.3) is 22.3 Å². The molecule has 0 unspecified atom stereocenters. The standard InChI is InChI=1S/C26H31N5O4S/c1-4-15-31-23-17-22(28-24(23)25(32)30(3)26(31)33)20-10-12-21(13-11-20)36(34,35)27-14-16-29(2)18-19-8-6-5-7-9-19/h5-13,17,27-28H,4,14-16,18H2,1-3H3. The summed E-state index contributed by atoms with van der Waals surface area (Å²) in [6.45, 7) is 4.04. The van der Waals surface area contributed by atoms with Gasteiger partial charge in [0.1, 0.15) is 5.52 Å². The summed E-state index contributed by atoms with van der Waals surface area (Å²) >= 11 is 0. The van der Waals surface area contributed by atoms with Crippen molar-refractivity contribution in [3.63, 3.8) is 0 Å². The van der Waals surface area contributed by atoms with Crippen LogP contribution in [0.3, 0.4) is 0 Å². The molecular weight excluding hydrogens is 478 g/mol. The van der Waals surface area contributed by atoms with Crippen LogP contribution in [0.5, 0.6) is 0 Å². The molecule has 0 aliphatic carbocycles. The zero-order chi connectivity index (χ0) is 25.9. The Labute approximate surface area is 210 Å². The summed E-state index contributed by atoms with van der Waals surface area (Å²) < 4.78 is 30.9. The van der Waals surface area contributed by atoms with E-state index in [0.717, 1.165) is 17.5 Å². The maximum Gasteiger partial charge on any atom is 0.331 e. The lowest BCUT2D eigenvalue weighted by Gasteiger charge is -2.17. The minimum atomic E-state index is -3.67. The molecule has 2 N–H and O–H groups in total. The fourth-order valence-corrected chi connectivity index (χ4v) is 5.22. The quantitative estimate of drug-likeness (QED) is 0.341. The van der Waals surface area contributed by atoms with Gasteiger partial charge in [0.25, 0.3) is 5.56 Å². The summed E-state index contributed by atoms with van der Waals surface area (Å²) in [7, 11) is -0.261. The highest BCUT2D eigenvalue weighted by Crippen LogP contribution is 2.23. The van der Waals surface area contributed by atoms with Gasteiger partial charge in [-0.1, -0.05) is 49.4 Å². The summed E-state index contributed by atoms with van der Waals surface area (Å²) in [6, 6.07) is 18.2. The van der Waals surface area contributed by atoms with Crippen LogP contribution in [0.15, 0.2) is 75.1 Å². The molecule has 4 aromatic rings. The molecule has 0 radical (unpaired) electrons. The van der Waals surface area contributed by atoms with E-state index in [4.69, 9.17) is 0 Å². The molecule has 2 heterocycles. The summed E-state index contributed by atoms with van der Waals surface area (Å²) in [5.41, 5.74) is 2.65. The Bertz CT molecular complexity index is 1570. The highest BCUT2D eigenvalue weighted by atomic mass is 32.2. The van der Waals surface area contributed by atoms with Crippen LogP contribution < -0.4 is 16.0 Å². The van der Waals surface area contributed by atoms with Crippen LogP contribution in [0, 0.1) is 0 Å². The van der Waals surface area contributed by atoms with E-state index in [9.17, 15) is 18.0 Å². The molecule has 0 saturated carbocycles. The number of aromatic amines is 1. The number of H-pyrrole nitrogens is 1. The molecule has 0 atom stereocenters. The Balaban J connectivity index is 1.48. The van der Waals surface area contributed by atoms with Crippen LogP contribution in [0.2, 0.25) is 0 Å². The number of sulfonamides is 1. The Hall–Kier alpha value is -3.47. The van der Waals surface area contributed by atoms with Crippen molar-refractivity contribution in [3.8, 4) is 11.3 Å². The maximum absolute atomic E-state index is 12.8. The Morgan fingerprint density at radius 3 is 2.39 bits per heavy atom. The molecule has 36 heavy (non-hydrogen) atoms. The van der Waals surface area contributed by atoms with Gasteiger partial charge < -0.3 is 9.88 Å². The minimum absolute atomic E-state index is 0.159. The number of hydrogen-bond donors (Lipinski definition) is 2. The number of likely N-dealkylation sites (N-methyl/N-ethyl adjacent to an activating group) is 1. The monoisotopic (exact) mass is 509 g/mol. The first-order chi connectivity index (χ1) is 17.2. The molecule has 190 valence electrons. The van der Waals surface area contributed by atoms with Gasteiger partial charge in [-0.25, -0.2) is 17.9 Å². The average Bonchev–Trinajstić information content (AvgIpc) is 3.31. The SMILES string of the molecule is CCCn1c(=O)n(C)c(=O)c2[nH]c(-c3ccc(S(=O)(=O)NCCN(C)Cc4ccccc4)cc3)cc21. The molecule has 9 nitrogen and oxygen atoms in total. The lowest BCUT2D eigenvalue weighted by Crippen LogP contribution is -2.38. The van der Waals surface area contributed by atoms with E-state index in [2.05, 4.69) is 14.6 Å². The summed E-state index contributed by atoms with van der Waals surface area (Å²) in [6.07, 6.45) is 0.745. The van der Waals surface area contributed by atoms with E-state index in [-0.39, 0.29) is 17.1 Å². The van der Waals surface area contributed by atoms with Crippen LogP contribution in [-0.2, 0) is 30.2 Å². The Kier molecular flexibility index (Phi) is 7.58. The van der Waals surface area contributed by atoms with Crippen LogP contribution in [0.1, 0.15) is 18.9 Å². The molecule has 2 aromatic carbocycles. The van der Waals surface area contributed by atoms with Crippen LogP contribution in [-0.4, -0.2) is 47.6 Å². The van der Waals surface area contributed by atoms with Gasteiger partial charge in [-0.15, -0.1) is 0 Å². The summed E-state index contributed by atoms with van der Waals surface area (Å²) in [5, 5.41) is 0. The van der Waals surface area contributed by atoms with Crippen molar-refractivity contribution in [2.24, 2.45) is 7.05 Å². The second kappa shape index (κ2) is 10.7. The predicted octanol–water partition coefficient (Wildman–Crippen LogP) is 2.52. The average molecular weight is 510 g/mol. The third-order valence-electron chi connectivity index (χ3n) is 6.13. The van der Waals surface area contributed by atoms with Gasteiger partial charge in [-0.3, -0.25) is 13.9 Å². The van der Waals surface area contributed by atoms with Gasteiger partial charge in [-0.2, -0.15) is 0 Å². The van der Waals surface area contributed by atoms with Crippen molar-refractivity contribution < 1.29 is 8.42 Å². The smallest absolute Gasteiger partial charge is 0.331 e. The topological polar surface area (TPSA) is 109 Å². The number of benzene rings is 2. The van der Waals surface area contributed by atoms with Gasteiger partial charge in [0.15, 0.2) is 0 Å². The lowest BCUT2D eigenvalue weighted by atomic mass is 10.1. The molecule has 0 fully saturated rings. The molecule has 0 saturated heterocycles. The molecule has 0 aliphatic heterocycles. The third kappa shape index (κ3) is 5.35. The van der Waals surface area contributed by atoms with Crippen LogP contribution >= 0.6 is 0 Å². The molecule has 0 bridgehead atoms. The van der Waals surface area contributed by atoms with Gasteiger partial charge in [0.2, 0.25) is 10.0 Å². The van der Waals surface area contributed by atoms with Crippen molar-refractivity contribution in [2.45, 2.75) is 31.3 Å². The van der Waals surface area contributed by atoms with E-state index >= 15 is 0 Å². The molecule has 2 aromatic heterocycles. The molecule has 4 rings (SSSR count). The molecular formula is C26H31N5O4S. The van der Waals surface area contributed by atoms with Gasteiger partial charge in [0.05, 0.1) is 10.4 Å². The number of nitrogens with one attached hydrogen (secondary N) is 2. The fourth-order valence-electron chi connectivity index (χ4n) is 4.20. The number of aryl methyl sites for hydroxylation is 1. The first-order valence-corrected chi connectivity index (χ1v) is 13.3. The minimum Gasteiger partial charge on any atom is -0.349 e. The molecule has 0 spiro atoms. The maximum atomic E-state index is 12.8. The van der Waals surface area contributed by atoms with Crippen molar-refractivity contribution in [1.29, 1.82) is 0 Å². The van der Waals surface area contributed by atoms with Gasteiger partial charge in [-0.05, 0) is 42.8 Å². The molecule has 0 amide bonds. The van der Waals surface area contributed by atoms with Crippen molar-refractivity contribution in [3.05, 3.63) is 87.1 Å². The number of hydrogen-bond acceptors (Lipinski definition) is 5. The highest BCUT2D eigenvalue weighted by Gasteiger charge is 2.17. The van der Waals surface area contributed by atoms with Crippen molar-refractivity contribution in [2.75, 3.05) is 20.1 Å². The van der Waals surface area contributed by atoms with E-state index in [0.29, 0.717) is 35.4 Å². The third-order valence-corrected chi connectivity index (χ3v) is 7.60. The fraction of sp³-hybridized carbons (Fsp3) is 0.308. The Morgan fingerprint density at radius 1 is 1.03 bits per heavy atom. The molecule has 0 aliphatic rings. The Morgan fingerprint density at radius 2 is 1.72 bits per heavy atom. The second-order valence-electron chi connectivity index (χ2n) is 8.89. The van der Waals surface area contributed by atoms with Crippen molar-refractivity contribution >= 4 is 21.1 Å². The van der Waals surface area contributed by atoms with Crippen LogP contribution in [0.4, 0.5) is 0 Å². The highest BCUT2D eigenvalue weighted by molar-refractivity contribution is 7.89. The number of aromatic nitrogens is 3. The van der Waals surface area contributed by atoms with E-state index in [1.807, 2.05) is 44.3 Å². The number of rotatable bonds is 10. The van der Waals surface area contributed by atoms with E-state index in [1.165, 1.54) is 24.7 Å².